The predicted molar refractivity (Wildman–Crippen MR) is 71.4 cm³/mol. The van der Waals surface area contributed by atoms with Crippen LogP contribution in [0.5, 0.6) is 0 Å². The largest absolute Gasteiger partial charge is 0.308 e. The van der Waals surface area contributed by atoms with Crippen molar-refractivity contribution in [2.45, 2.75) is 17.6 Å². The van der Waals surface area contributed by atoms with Gasteiger partial charge in [0.1, 0.15) is 11.8 Å². The first kappa shape index (κ1) is 11.4. The summed E-state index contributed by atoms with van der Waals surface area (Å²) in [5.41, 5.74) is 1.36. The molecule has 0 unspecified atom stereocenters. The van der Waals surface area contributed by atoms with Gasteiger partial charge in [-0.1, -0.05) is 0 Å². The minimum absolute atomic E-state index is 0.0145. The number of aromatic nitrogens is 3. The first-order valence-electron chi connectivity index (χ1n) is 5.67. The van der Waals surface area contributed by atoms with E-state index >= 15 is 0 Å². The highest BCUT2D eigenvalue weighted by Crippen LogP contribution is 2.47. The van der Waals surface area contributed by atoms with E-state index < -0.39 is 0 Å². The van der Waals surface area contributed by atoms with Crippen LogP contribution in [0.3, 0.4) is 0 Å². The van der Waals surface area contributed by atoms with Gasteiger partial charge in [0, 0.05) is 6.20 Å². The smallest absolute Gasteiger partial charge is 0.241 e. The summed E-state index contributed by atoms with van der Waals surface area (Å²) < 4.78 is -0.258. The molecule has 0 atom stereocenters. The molecule has 2 heterocycles. The molecule has 1 saturated carbocycles. The highest BCUT2D eigenvalue weighted by atomic mass is 32.2. The minimum atomic E-state index is -0.258. The van der Waals surface area contributed by atoms with Crippen LogP contribution in [0.4, 0.5) is 5.82 Å². The van der Waals surface area contributed by atoms with Crippen LogP contribution in [0, 0.1) is 0 Å². The van der Waals surface area contributed by atoms with Crippen LogP contribution < -0.4 is 5.32 Å². The van der Waals surface area contributed by atoms with Gasteiger partial charge >= 0.3 is 0 Å². The Bertz CT molecular complexity index is 607. The van der Waals surface area contributed by atoms with Crippen LogP contribution in [0.1, 0.15) is 12.8 Å². The quantitative estimate of drug-likeness (QED) is 0.912. The van der Waals surface area contributed by atoms with Crippen molar-refractivity contribution in [3.63, 3.8) is 0 Å². The van der Waals surface area contributed by atoms with Crippen molar-refractivity contribution in [2.75, 3.05) is 11.6 Å². The van der Waals surface area contributed by atoms with Crippen LogP contribution in [0.15, 0.2) is 24.7 Å². The van der Waals surface area contributed by atoms with Crippen molar-refractivity contribution in [2.24, 2.45) is 0 Å². The molecular weight excluding hydrogens is 248 g/mol. The number of hydrogen-bond acceptors (Lipinski definition) is 5. The van der Waals surface area contributed by atoms with Crippen molar-refractivity contribution in [1.82, 2.24) is 15.0 Å². The molecule has 5 nitrogen and oxygen atoms in total. The molecular formula is C12H12N4OS. The Kier molecular flexibility index (Phi) is 2.66. The number of carbonyl (C=O) groups is 1. The molecule has 0 saturated heterocycles. The molecule has 0 spiro atoms. The molecule has 92 valence electrons. The third-order valence-electron chi connectivity index (χ3n) is 3.13. The van der Waals surface area contributed by atoms with Gasteiger partial charge < -0.3 is 5.32 Å². The van der Waals surface area contributed by atoms with Gasteiger partial charge in [-0.05, 0) is 31.2 Å². The van der Waals surface area contributed by atoms with Crippen molar-refractivity contribution in [3.8, 4) is 0 Å². The maximum Gasteiger partial charge on any atom is 0.241 e. The highest BCUT2D eigenvalue weighted by molar-refractivity contribution is 8.01. The van der Waals surface area contributed by atoms with E-state index in [1.807, 2.05) is 18.4 Å². The maximum atomic E-state index is 12.2. The van der Waals surface area contributed by atoms with Gasteiger partial charge in [0.15, 0.2) is 5.82 Å². The number of hydrogen-bond donors (Lipinski definition) is 1. The zero-order valence-electron chi connectivity index (χ0n) is 9.88. The number of thioether (sulfide) groups is 1. The van der Waals surface area contributed by atoms with Gasteiger partial charge in [0.25, 0.3) is 0 Å². The molecule has 0 bridgehead atoms. The Morgan fingerprint density at radius 2 is 2.22 bits per heavy atom. The molecule has 1 aliphatic carbocycles. The van der Waals surface area contributed by atoms with Gasteiger partial charge in [0.2, 0.25) is 5.91 Å². The van der Waals surface area contributed by atoms with Crippen LogP contribution in [0.2, 0.25) is 0 Å². The number of rotatable bonds is 3. The lowest BCUT2D eigenvalue weighted by molar-refractivity contribution is -0.116. The van der Waals surface area contributed by atoms with E-state index in [0.717, 1.165) is 18.4 Å². The molecule has 1 aliphatic rings. The summed E-state index contributed by atoms with van der Waals surface area (Å²) in [4.78, 5) is 24.6. The molecule has 6 heteroatoms. The zero-order chi connectivity index (χ0) is 12.6. The first-order valence-corrected chi connectivity index (χ1v) is 6.90. The van der Waals surface area contributed by atoms with E-state index in [9.17, 15) is 4.79 Å². The number of amides is 1. The van der Waals surface area contributed by atoms with Crippen LogP contribution in [-0.4, -0.2) is 31.9 Å². The Balaban J connectivity index is 1.93. The SMILES string of the molecule is CSC1(C(=O)Nc2ncnc3cccnc23)CC1. The van der Waals surface area contributed by atoms with E-state index in [1.165, 1.54) is 6.33 Å². The predicted octanol–water partition coefficient (Wildman–Crippen LogP) is 1.86. The molecule has 0 aliphatic heterocycles. The van der Waals surface area contributed by atoms with Crippen molar-refractivity contribution >= 4 is 34.5 Å². The second-order valence-electron chi connectivity index (χ2n) is 4.25. The maximum absolute atomic E-state index is 12.2. The van der Waals surface area contributed by atoms with Gasteiger partial charge in [-0.3, -0.25) is 9.78 Å². The number of carbonyl (C=O) groups excluding carboxylic acids is 1. The number of pyridine rings is 1. The molecule has 0 radical (unpaired) electrons. The molecule has 1 N–H and O–H groups in total. The summed E-state index contributed by atoms with van der Waals surface area (Å²) in [7, 11) is 0. The topological polar surface area (TPSA) is 67.8 Å². The second kappa shape index (κ2) is 4.20. The minimum Gasteiger partial charge on any atom is -0.308 e. The molecule has 2 aromatic heterocycles. The van der Waals surface area contributed by atoms with Gasteiger partial charge in [-0.2, -0.15) is 0 Å². The van der Waals surface area contributed by atoms with Gasteiger partial charge in [-0.25, -0.2) is 9.97 Å². The highest BCUT2D eigenvalue weighted by Gasteiger charge is 2.49. The molecule has 3 rings (SSSR count). The van der Waals surface area contributed by atoms with Crippen molar-refractivity contribution < 1.29 is 4.79 Å². The molecule has 2 aromatic rings. The van der Waals surface area contributed by atoms with Crippen LogP contribution in [-0.2, 0) is 4.79 Å². The monoisotopic (exact) mass is 260 g/mol. The van der Waals surface area contributed by atoms with Crippen LogP contribution in [0.25, 0.3) is 11.0 Å². The summed E-state index contributed by atoms with van der Waals surface area (Å²) >= 11 is 1.60. The normalized spacial score (nSPS) is 16.5. The van der Waals surface area contributed by atoms with E-state index in [2.05, 4.69) is 20.3 Å². The Morgan fingerprint density at radius 1 is 1.39 bits per heavy atom. The van der Waals surface area contributed by atoms with Crippen molar-refractivity contribution in [3.05, 3.63) is 24.7 Å². The van der Waals surface area contributed by atoms with Gasteiger partial charge in [-0.15, -0.1) is 11.8 Å². The Morgan fingerprint density at radius 3 is 2.94 bits per heavy atom. The third-order valence-corrected chi connectivity index (χ3v) is 4.51. The van der Waals surface area contributed by atoms with Crippen LogP contribution >= 0.6 is 11.8 Å². The number of anilines is 1. The first-order chi connectivity index (χ1) is 8.75. The third kappa shape index (κ3) is 1.82. The molecule has 0 aromatic carbocycles. The fourth-order valence-electron chi connectivity index (χ4n) is 1.84. The average Bonchev–Trinajstić information content (AvgIpc) is 3.20. The van der Waals surface area contributed by atoms with Gasteiger partial charge in [0.05, 0.1) is 10.3 Å². The summed E-state index contributed by atoms with van der Waals surface area (Å²) in [5.74, 6) is 0.506. The summed E-state index contributed by atoms with van der Waals surface area (Å²) in [6, 6.07) is 3.66. The lowest BCUT2D eigenvalue weighted by Gasteiger charge is -2.12. The second-order valence-corrected chi connectivity index (χ2v) is 5.44. The van der Waals surface area contributed by atoms with E-state index in [4.69, 9.17) is 0 Å². The van der Waals surface area contributed by atoms with E-state index in [-0.39, 0.29) is 10.7 Å². The molecule has 18 heavy (non-hydrogen) atoms. The lowest BCUT2D eigenvalue weighted by Crippen LogP contribution is -2.27. The summed E-state index contributed by atoms with van der Waals surface area (Å²) in [6.07, 6.45) is 6.93. The van der Waals surface area contributed by atoms with E-state index in [1.54, 1.807) is 18.0 Å². The van der Waals surface area contributed by atoms with Crippen molar-refractivity contribution in [1.29, 1.82) is 0 Å². The molecule has 1 amide bonds. The Labute approximate surface area is 108 Å². The molecule has 1 fully saturated rings. The van der Waals surface area contributed by atoms with E-state index in [0.29, 0.717) is 11.3 Å². The number of nitrogens with zero attached hydrogens (tertiary/aromatic N) is 3. The number of nitrogens with one attached hydrogen (secondary N) is 1. The summed E-state index contributed by atoms with van der Waals surface area (Å²) in [6.45, 7) is 0. The number of fused-ring (bicyclic) bond motifs is 1. The summed E-state index contributed by atoms with van der Waals surface area (Å²) in [5, 5.41) is 2.87. The lowest BCUT2D eigenvalue weighted by atomic mass is 10.3. The standard InChI is InChI=1S/C12H12N4OS/c1-18-12(4-5-12)11(17)16-10-9-8(14-7-15-10)3-2-6-13-9/h2-3,6-7H,4-5H2,1H3,(H,14,15,16,17). The Hall–Kier alpha value is -1.69. The zero-order valence-corrected chi connectivity index (χ0v) is 10.7. The fourth-order valence-corrected chi connectivity index (χ4v) is 2.59. The fraction of sp³-hybridized carbons (Fsp3) is 0.333. The average molecular weight is 260 g/mol.